The molecule has 1 aliphatic rings. The van der Waals surface area contributed by atoms with Crippen molar-refractivity contribution in [1.29, 1.82) is 0 Å². The summed E-state index contributed by atoms with van der Waals surface area (Å²) in [5.41, 5.74) is 0.933. The molecule has 26 heavy (non-hydrogen) atoms. The Kier molecular flexibility index (Phi) is 5.18. The lowest BCUT2D eigenvalue weighted by molar-refractivity contribution is 0.0315. The molecule has 3 rings (SSSR count). The molecule has 0 spiro atoms. The highest BCUT2D eigenvalue weighted by Gasteiger charge is 2.27. The first kappa shape index (κ1) is 18.3. The highest BCUT2D eigenvalue weighted by molar-refractivity contribution is 5.93. The molecule has 2 aromatic rings. The number of hydrogen-bond acceptors (Lipinski definition) is 3. The number of likely N-dealkylation sites (tertiary alicyclic amines) is 1. The molecule has 1 atom stereocenters. The largest absolute Gasteiger partial charge is 0.430 e. The maximum atomic E-state index is 13.6. The average Bonchev–Trinajstić information content (AvgIpc) is 3.03. The van der Waals surface area contributed by atoms with Crippen molar-refractivity contribution in [3.05, 3.63) is 53.8 Å². The predicted octanol–water partition coefficient (Wildman–Crippen LogP) is 4.40. The van der Waals surface area contributed by atoms with Gasteiger partial charge in [-0.15, -0.1) is 0 Å². The third-order valence-electron chi connectivity index (χ3n) is 4.52. The van der Waals surface area contributed by atoms with Crippen LogP contribution < -0.4 is 4.90 Å². The molecule has 1 amide bonds. The highest BCUT2D eigenvalue weighted by atomic mass is 19.2. The summed E-state index contributed by atoms with van der Waals surface area (Å²) < 4.78 is 46.0. The number of anilines is 1. The van der Waals surface area contributed by atoms with Crippen molar-refractivity contribution in [1.82, 2.24) is 4.90 Å². The van der Waals surface area contributed by atoms with Crippen LogP contribution in [-0.4, -0.2) is 37.9 Å². The number of carbonyl (C=O) groups excluding carboxylic acids is 1. The van der Waals surface area contributed by atoms with Gasteiger partial charge in [0.25, 0.3) is 0 Å². The van der Waals surface area contributed by atoms with Crippen LogP contribution in [0.2, 0.25) is 0 Å². The minimum Gasteiger partial charge on any atom is -0.430 e. The van der Waals surface area contributed by atoms with Crippen LogP contribution in [-0.2, 0) is 4.74 Å². The molecule has 0 bridgehead atoms. The van der Waals surface area contributed by atoms with E-state index in [1.165, 1.54) is 11.9 Å². The van der Waals surface area contributed by atoms with Gasteiger partial charge in [0.2, 0.25) is 0 Å². The Morgan fingerprint density at radius 2 is 1.85 bits per heavy atom. The Bertz CT molecular complexity index is 805. The molecule has 0 saturated carbocycles. The molecule has 1 aliphatic heterocycles. The molecular formula is C19H19F3N2O2. The molecule has 7 heteroatoms. The predicted molar refractivity (Wildman–Crippen MR) is 92.3 cm³/mol. The van der Waals surface area contributed by atoms with Gasteiger partial charge in [0.15, 0.2) is 23.7 Å². The van der Waals surface area contributed by atoms with E-state index in [0.717, 1.165) is 31.5 Å². The molecule has 2 aromatic carbocycles. The van der Waals surface area contributed by atoms with Crippen molar-refractivity contribution in [2.75, 3.05) is 25.5 Å². The monoisotopic (exact) mass is 364 g/mol. The molecule has 1 saturated heterocycles. The fourth-order valence-corrected chi connectivity index (χ4v) is 3.04. The van der Waals surface area contributed by atoms with Crippen LogP contribution in [0.3, 0.4) is 0 Å². The van der Waals surface area contributed by atoms with Gasteiger partial charge in [0.05, 0.1) is 5.69 Å². The Balaban J connectivity index is 1.90. The minimum absolute atomic E-state index is 0.134. The van der Waals surface area contributed by atoms with E-state index in [2.05, 4.69) is 0 Å². The highest BCUT2D eigenvalue weighted by Crippen LogP contribution is 2.32. The van der Waals surface area contributed by atoms with Gasteiger partial charge >= 0.3 is 6.09 Å². The van der Waals surface area contributed by atoms with Gasteiger partial charge in [0.1, 0.15) is 0 Å². The van der Waals surface area contributed by atoms with Gasteiger partial charge in [-0.3, -0.25) is 9.80 Å². The van der Waals surface area contributed by atoms with Crippen LogP contribution in [0.15, 0.2) is 36.4 Å². The molecule has 1 heterocycles. The molecule has 138 valence electrons. The summed E-state index contributed by atoms with van der Waals surface area (Å²) in [4.78, 5) is 15.7. The van der Waals surface area contributed by atoms with Crippen LogP contribution in [0.1, 0.15) is 12.8 Å². The van der Waals surface area contributed by atoms with E-state index in [0.29, 0.717) is 11.3 Å². The fraction of sp³-hybridized carbons (Fsp3) is 0.316. The summed E-state index contributed by atoms with van der Waals surface area (Å²) in [6.07, 6.45) is 0.840. The SMILES string of the molecule is CN(C(=O)O[C@H]1CCCN1C)c1ccccc1-c1cc(F)c(F)c(F)c1. The lowest BCUT2D eigenvalue weighted by Gasteiger charge is -2.25. The first-order chi connectivity index (χ1) is 12.4. The summed E-state index contributed by atoms with van der Waals surface area (Å²) in [6, 6.07) is 8.41. The number of amides is 1. The van der Waals surface area contributed by atoms with Gasteiger partial charge in [-0.2, -0.15) is 0 Å². The maximum absolute atomic E-state index is 13.6. The zero-order valence-electron chi connectivity index (χ0n) is 14.5. The number of hydrogen-bond donors (Lipinski definition) is 0. The summed E-state index contributed by atoms with van der Waals surface area (Å²) in [6.45, 7) is 0.854. The van der Waals surface area contributed by atoms with E-state index >= 15 is 0 Å². The number of benzene rings is 2. The van der Waals surface area contributed by atoms with Crippen molar-refractivity contribution in [2.45, 2.75) is 19.1 Å². The summed E-state index contributed by atoms with van der Waals surface area (Å²) in [7, 11) is 3.40. The molecule has 4 nitrogen and oxygen atoms in total. The fourth-order valence-electron chi connectivity index (χ4n) is 3.04. The van der Waals surface area contributed by atoms with E-state index in [1.54, 1.807) is 24.3 Å². The Morgan fingerprint density at radius 1 is 1.19 bits per heavy atom. The van der Waals surface area contributed by atoms with Gasteiger partial charge in [0, 0.05) is 19.2 Å². The van der Waals surface area contributed by atoms with Gasteiger partial charge in [-0.25, -0.2) is 18.0 Å². The van der Waals surface area contributed by atoms with Crippen molar-refractivity contribution in [3.8, 4) is 11.1 Å². The first-order valence-corrected chi connectivity index (χ1v) is 8.27. The number of ether oxygens (including phenoxy) is 1. The summed E-state index contributed by atoms with van der Waals surface area (Å²) >= 11 is 0. The second-order valence-electron chi connectivity index (χ2n) is 6.29. The second-order valence-corrected chi connectivity index (χ2v) is 6.29. The lowest BCUT2D eigenvalue weighted by Crippen LogP contribution is -2.36. The Morgan fingerprint density at radius 3 is 2.46 bits per heavy atom. The summed E-state index contributed by atoms with van der Waals surface area (Å²) in [5, 5.41) is 0. The number of halogens is 3. The summed E-state index contributed by atoms with van der Waals surface area (Å²) in [5.74, 6) is -4.09. The van der Waals surface area contributed by atoms with E-state index < -0.39 is 23.5 Å². The van der Waals surface area contributed by atoms with E-state index in [9.17, 15) is 18.0 Å². The molecule has 0 unspecified atom stereocenters. The van der Waals surface area contributed by atoms with Crippen LogP contribution in [0.4, 0.5) is 23.7 Å². The average molecular weight is 364 g/mol. The van der Waals surface area contributed by atoms with Gasteiger partial charge in [-0.05, 0) is 43.7 Å². The zero-order valence-corrected chi connectivity index (χ0v) is 14.5. The number of carbonyl (C=O) groups is 1. The third kappa shape index (κ3) is 3.53. The van der Waals surface area contributed by atoms with Crippen molar-refractivity contribution < 1.29 is 22.7 Å². The van der Waals surface area contributed by atoms with Crippen LogP contribution in [0, 0.1) is 17.5 Å². The Hall–Kier alpha value is -2.54. The maximum Gasteiger partial charge on any atom is 0.415 e. The van der Waals surface area contributed by atoms with Crippen molar-refractivity contribution in [3.63, 3.8) is 0 Å². The lowest BCUT2D eigenvalue weighted by atomic mass is 10.0. The molecular weight excluding hydrogens is 345 g/mol. The topological polar surface area (TPSA) is 32.8 Å². The first-order valence-electron chi connectivity index (χ1n) is 8.27. The van der Waals surface area contributed by atoms with Gasteiger partial charge < -0.3 is 4.74 Å². The van der Waals surface area contributed by atoms with Crippen molar-refractivity contribution >= 4 is 11.8 Å². The Labute approximate surface area is 149 Å². The minimum atomic E-state index is -1.52. The zero-order chi connectivity index (χ0) is 18.8. The van der Waals surface area contributed by atoms with E-state index in [-0.39, 0.29) is 11.8 Å². The molecule has 0 radical (unpaired) electrons. The smallest absolute Gasteiger partial charge is 0.415 e. The van der Waals surface area contributed by atoms with Crippen molar-refractivity contribution in [2.24, 2.45) is 0 Å². The number of nitrogens with zero attached hydrogens (tertiary/aromatic N) is 2. The second kappa shape index (κ2) is 7.37. The molecule has 0 N–H and O–H groups in total. The number of rotatable bonds is 3. The van der Waals surface area contributed by atoms with Crippen LogP contribution >= 0.6 is 0 Å². The quantitative estimate of drug-likeness (QED) is 0.757. The molecule has 1 fully saturated rings. The van der Waals surface area contributed by atoms with Gasteiger partial charge in [-0.1, -0.05) is 18.2 Å². The van der Waals surface area contributed by atoms with Crippen LogP contribution in [0.5, 0.6) is 0 Å². The van der Waals surface area contributed by atoms with Crippen LogP contribution in [0.25, 0.3) is 11.1 Å². The molecule has 0 aromatic heterocycles. The van der Waals surface area contributed by atoms with E-state index in [4.69, 9.17) is 4.74 Å². The standard InChI is InChI=1S/C19H19F3N2O2/c1-23-9-5-8-17(23)26-19(25)24(2)16-7-4-3-6-13(16)12-10-14(20)18(22)15(21)11-12/h3-4,6-7,10-11,17H,5,8-9H2,1-2H3/t17-/m0/s1. The normalized spacial score (nSPS) is 17.3. The van der Waals surface area contributed by atoms with E-state index in [1.807, 2.05) is 11.9 Å². The third-order valence-corrected chi connectivity index (χ3v) is 4.52. The molecule has 0 aliphatic carbocycles. The number of para-hydroxylation sites is 1.